The summed E-state index contributed by atoms with van der Waals surface area (Å²) in [5.41, 5.74) is 2.73. The van der Waals surface area contributed by atoms with E-state index >= 15 is 0 Å². The van der Waals surface area contributed by atoms with Gasteiger partial charge in [-0.3, -0.25) is 0 Å². The third-order valence-corrected chi connectivity index (χ3v) is 6.59. The van der Waals surface area contributed by atoms with Gasteiger partial charge >= 0.3 is 0 Å². The molecule has 0 radical (unpaired) electrons. The van der Waals surface area contributed by atoms with Gasteiger partial charge in [0.25, 0.3) is 5.78 Å². The number of hydrogen-bond acceptors (Lipinski definition) is 7. The number of nitrogens with one attached hydrogen (secondary N) is 1. The van der Waals surface area contributed by atoms with E-state index in [0.29, 0.717) is 12.3 Å². The van der Waals surface area contributed by atoms with Crippen LogP contribution in [0.4, 0.5) is 5.82 Å². The molecule has 0 saturated heterocycles. The number of fused-ring (bicyclic) bond motifs is 5. The number of benzene rings is 1. The van der Waals surface area contributed by atoms with E-state index in [1.165, 1.54) is 16.0 Å². The largest absolute Gasteiger partial charge is 0.395 e. The lowest BCUT2D eigenvalue weighted by Gasteiger charge is -2.24. The number of tetrazole rings is 1. The summed E-state index contributed by atoms with van der Waals surface area (Å²) in [4.78, 5) is 10.7. The molecule has 0 aliphatic carbocycles. The van der Waals surface area contributed by atoms with Crippen molar-refractivity contribution in [1.29, 1.82) is 0 Å². The van der Waals surface area contributed by atoms with Crippen molar-refractivity contribution in [1.82, 2.24) is 25.0 Å². The number of rotatable bonds is 5. The zero-order valence-corrected chi connectivity index (χ0v) is 16.5. The molecule has 8 nitrogen and oxygen atoms in total. The maximum atomic E-state index is 9.39. The minimum absolute atomic E-state index is 0.0805. The summed E-state index contributed by atoms with van der Waals surface area (Å²) in [6.07, 6.45) is 1.01. The van der Waals surface area contributed by atoms with Crippen LogP contribution in [0.15, 0.2) is 30.3 Å². The van der Waals surface area contributed by atoms with Crippen LogP contribution in [0.2, 0.25) is 0 Å². The Labute approximate surface area is 166 Å². The molecule has 1 aliphatic rings. The fourth-order valence-electron chi connectivity index (χ4n) is 4.00. The minimum atomic E-state index is 0.0805. The predicted octanol–water partition coefficient (Wildman–Crippen LogP) is 0.304. The summed E-state index contributed by atoms with van der Waals surface area (Å²) in [5.74, 6) is 1.36. The van der Waals surface area contributed by atoms with Crippen molar-refractivity contribution in [3.8, 4) is 0 Å². The van der Waals surface area contributed by atoms with Gasteiger partial charge in [0.15, 0.2) is 0 Å². The summed E-state index contributed by atoms with van der Waals surface area (Å²) in [5, 5.41) is 22.5. The lowest BCUT2D eigenvalue weighted by atomic mass is 10.0. The molecule has 2 N–H and O–H groups in total. The fourth-order valence-corrected chi connectivity index (χ4v) is 5.36. The van der Waals surface area contributed by atoms with Crippen molar-refractivity contribution in [3.63, 3.8) is 0 Å². The van der Waals surface area contributed by atoms with Crippen LogP contribution >= 0.6 is 11.3 Å². The molecular formula is C19H22N7OS+. The third kappa shape index (κ3) is 2.92. The average molecular weight is 397 g/mol. The molecule has 1 atom stereocenters. The minimum Gasteiger partial charge on any atom is -0.395 e. The van der Waals surface area contributed by atoms with Crippen molar-refractivity contribution in [2.75, 3.05) is 31.6 Å². The molecule has 4 heterocycles. The van der Waals surface area contributed by atoms with Crippen LogP contribution in [0.3, 0.4) is 0 Å². The standard InChI is InChI=1S/C19H21N7OS/c1-24(9-10-27)17-16-14-7-8-25(11-13-5-3-2-4-6-13)12-15(14)28-18(16)26-19(20-17)21-22-23-26/h2-6,27H,7-12H2,1H3/p+1. The second kappa shape index (κ2) is 7.08. The fraction of sp³-hybridized carbons (Fsp3) is 0.368. The Morgan fingerprint density at radius 2 is 2.14 bits per heavy atom. The highest BCUT2D eigenvalue weighted by atomic mass is 32.1. The predicted molar refractivity (Wildman–Crippen MR) is 108 cm³/mol. The first kappa shape index (κ1) is 17.5. The van der Waals surface area contributed by atoms with Gasteiger partial charge in [0.2, 0.25) is 0 Å². The van der Waals surface area contributed by atoms with Crippen LogP contribution in [0.25, 0.3) is 16.0 Å². The molecule has 9 heteroatoms. The van der Waals surface area contributed by atoms with Gasteiger partial charge in [-0.15, -0.1) is 11.3 Å². The highest BCUT2D eigenvalue weighted by Crippen LogP contribution is 2.37. The first-order chi connectivity index (χ1) is 13.7. The molecule has 0 spiro atoms. The molecule has 0 fully saturated rings. The lowest BCUT2D eigenvalue weighted by molar-refractivity contribution is -0.929. The van der Waals surface area contributed by atoms with Gasteiger partial charge in [0.05, 0.1) is 23.4 Å². The van der Waals surface area contributed by atoms with Crippen LogP contribution in [-0.2, 0) is 19.5 Å². The Hall–Kier alpha value is -2.62. The lowest BCUT2D eigenvalue weighted by Crippen LogP contribution is -3.10. The van der Waals surface area contributed by atoms with Gasteiger partial charge in [-0.2, -0.15) is 9.50 Å². The summed E-state index contributed by atoms with van der Waals surface area (Å²) < 4.78 is 1.74. The van der Waals surface area contributed by atoms with Crippen molar-refractivity contribution in [3.05, 3.63) is 46.3 Å². The normalized spacial score (nSPS) is 16.6. The molecule has 28 heavy (non-hydrogen) atoms. The summed E-state index contributed by atoms with van der Waals surface area (Å²) in [6.45, 7) is 3.72. The first-order valence-electron chi connectivity index (χ1n) is 9.46. The van der Waals surface area contributed by atoms with E-state index in [0.717, 1.165) is 42.1 Å². The van der Waals surface area contributed by atoms with Crippen LogP contribution < -0.4 is 9.80 Å². The Morgan fingerprint density at radius 3 is 2.96 bits per heavy atom. The molecule has 4 aromatic rings. The van der Waals surface area contributed by atoms with Gasteiger partial charge in [-0.1, -0.05) is 35.4 Å². The highest BCUT2D eigenvalue weighted by Gasteiger charge is 2.28. The summed E-state index contributed by atoms with van der Waals surface area (Å²) in [7, 11) is 1.96. The molecule has 5 rings (SSSR count). The van der Waals surface area contributed by atoms with Gasteiger partial charge in [-0.25, -0.2) is 0 Å². The number of aromatic nitrogens is 5. The van der Waals surface area contributed by atoms with E-state index in [9.17, 15) is 5.11 Å². The topological polar surface area (TPSA) is 83.9 Å². The van der Waals surface area contributed by atoms with E-state index in [4.69, 9.17) is 4.98 Å². The molecule has 0 saturated carbocycles. The van der Waals surface area contributed by atoms with Crippen LogP contribution in [-0.4, -0.2) is 56.9 Å². The van der Waals surface area contributed by atoms with E-state index in [2.05, 4.69) is 45.9 Å². The van der Waals surface area contributed by atoms with E-state index in [-0.39, 0.29) is 6.61 Å². The number of aliphatic hydroxyl groups excluding tert-OH is 1. The smallest absolute Gasteiger partial charge is 0.276 e. The molecule has 1 aliphatic heterocycles. The highest BCUT2D eigenvalue weighted by molar-refractivity contribution is 7.19. The molecule has 3 aromatic heterocycles. The SMILES string of the molecule is CN(CCO)c1nc2nnnn2c2sc3c(c12)CC[NH+](Cc1ccccc1)C3. The average Bonchev–Trinajstić information content (AvgIpc) is 3.32. The number of likely N-dealkylation sites (N-methyl/N-ethyl adjacent to an activating group) is 1. The number of hydrogen-bond donors (Lipinski definition) is 2. The Morgan fingerprint density at radius 1 is 1.29 bits per heavy atom. The van der Waals surface area contributed by atoms with Crippen LogP contribution in [0.1, 0.15) is 16.0 Å². The van der Waals surface area contributed by atoms with E-state index < -0.39 is 0 Å². The molecular weight excluding hydrogens is 374 g/mol. The molecule has 144 valence electrons. The van der Waals surface area contributed by atoms with E-state index in [1.54, 1.807) is 20.8 Å². The van der Waals surface area contributed by atoms with Crippen molar-refractivity contribution in [2.45, 2.75) is 19.5 Å². The van der Waals surface area contributed by atoms with E-state index in [1.807, 2.05) is 11.9 Å². The number of nitrogens with zero attached hydrogens (tertiary/aromatic N) is 6. The monoisotopic (exact) mass is 396 g/mol. The maximum absolute atomic E-state index is 9.39. The Balaban J connectivity index is 1.57. The number of thiophene rings is 1. The maximum Gasteiger partial charge on any atom is 0.276 e. The first-order valence-corrected chi connectivity index (χ1v) is 10.3. The third-order valence-electron chi connectivity index (χ3n) is 5.38. The zero-order valence-electron chi connectivity index (χ0n) is 15.7. The molecule has 1 aromatic carbocycles. The quantitative estimate of drug-likeness (QED) is 0.505. The van der Waals surface area contributed by atoms with Gasteiger partial charge in [0, 0.05) is 25.6 Å². The molecule has 0 bridgehead atoms. The number of quaternary nitrogens is 1. The molecule has 0 amide bonds. The number of aliphatic hydroxyl groups is 1. The summed E-state index contributed by atoms with van der Waals surface area (Å²) in [6, 6.07) is 10.7. The van der Waals surface area contributed by atoms with Gasteiger partial charge in [0.1, 0.15) is 23.7 Å². The number of anilines is 1. The van der Waals surface area contributed by atoms with Crippen LogP contribution in [0, 0.1) is 0 Å². The molecule has 1 unspecified atom stereocenters. The second-order valence-corrected chi connectivity index (χ2v) is 8.33. The Kier molecular flexibility index (Phi) is 4.42. The zero-order chi connectivity index (χ0) is 19.1. The van der Waals surface area contributed by atoms with Crippen molar-refractivity contribution >= 4 is 33.1 Å². The van der Waals surface area contributed by atoms with Crippen molar-refractivity contribution < 1.29 is 10.0 Å². The summed E-state index contributed by atoms with van der Waals surface area (Å²) >= 11 is 1.77. The second-order valence-electron chi connectivity index (χ2n) is 7.24. The van der Waals surface area contributed by atoms with Crippen LogP contribution in [0.5, 0.6) is 0 Å². The van der Waals surface area contributed by atoms with Gasteiger partial charge < -0.3 is 14.9 Å². The Bertz CT molecular complexity index is 1120. The van der Waals surface area contributed by atoms with Gasteiger partial charge in [-0.05, 0) is 16.0 Å². The van der Waals surface area contributed by atoms with Crippen molar-refractivity contribution in [2.24, 2.45) is 0 Å².